The molecule has 2 atom stereocenters. The maximum Gasteiger partial charge on any atom is 0.250 e. The third-order valence-corrected chi connectivity index (χ3v) is 5.49. The highest BCUT2D eigenvalue weighted by Crippen LogP contribution is 2.59. The zero-order valence-electron chi connectivity index (χ0n) is 13.9. The van der Waals surface area contributed by atoms with E-state index in [1.165, 1.54) is 18.2 Å². The molecule has 1 aromatic carbocycles. The largest absolute Gasteiger partial charge is 0.310 e. The molecule has 0 saturated heterocycles. The number of halogens is 4. The summed E-state index contributed by atoms with van der Waals surface area (Å²) in [6, 6.07) is 5.30. The number of hydrogen-bond donors (Lipinski definition) is 1. The van der Waals surface area contributed by atoms with E-state index >= 15 is 0 Å². The Labute approximate surface area is 148 Å². The van der Waals surface area contributed by atoms with Crippen molar-refractivity contribution in [2.75, 3.05) is 13.1 Å². The summed E-state index contributed by atoms with van der Waals surface area (Å²) in [5.41, 5.74) is 1.83. The summed E-state index contributed by atoms with van der Waals surface area (Å²) in [5.74, 6) is -1.38. The highest BCUT2D eigenvalue weighted by atomic mass is 19.3. The van der Waals surface area contributed by atoms with Gasteiger partial charge in [-0.1, -0.05) is 18.2 Å². The van der Waals surface area contributed by atoms with Gasteiger partial charge >= 0.3 is 0 Å². The predicted octanol–water partition coefficient (Wildman–Crippen LogP) is 3.96. The average Bonchev–Trinajstić information content (AvgIpc) is 3.03. The Morgan fingerprint density at radius 2 is 1.96 bits per heavy atom. The normalized spacial score (nSPS) is 23.7. The third kappa shape index (κ3) is 2.45. The van der Waals surface area contributed by atoms with Crippen molar-refractivity contribution in [1.82, 2.24) is 15.5 Å². The summed E-state index contributed by atoms with van der Waals surface area (Å²) in [5, 5.41) is 11.1. The quantitative estimate of drug-likeness (QED) is 0.645. The van der Waals surface area contributed by atoms with Gasteiger partial charge in [0.05, 0.1) is 23.5 Å². The molecule has 0 amide bonds. The second-order valence-corrected chi connectivity index (χ2v) is 6.85. The molecule has 0 spiro atoms. The molecule has 26 heavy (non-hydrogen) atoms. The van der Waals surface area contributed by atoms with Gasteiger partial charge < -0.3 is 5.32 Å². The average molecular weight is 363 g/mol. The first-order valence-electron chi connectivity index (χ1n) is 8.44. The van der Waals surface area contributed by atoms with Crippen LogP contribution in [0.4, 0.5) is 17.6 Å². The van der Waals surface area contributed by atoms with Crippen LogP contribution in [0.1, 0.15) is 30.0 Å². The number of alkyl halides is 2. The van der Waals surface area contributed by atoms with Gasteiger partial charge in [0.25, 0.3) is 6.43 Å². The zero-order chi connectivity index (χ0) is 18.5. The highest BCUT2D eigenvalue weighted by molar-refractivity contribution is 5.65. The lowest BCUT2D eigenvalue weighted by atomic mass is 9.81. The van der Waals surface area contributed by atoms with E-state index in [9.17, 15) is 17.6 Å². The molecule has 136 valence electrons. The molecule has 1 N–H and O–H groups in total. The van der Waals surface area contributed by atoms with Crippen molar-refractivity contribution in [3.05, 3.63) is 59.3 Å². The maximum atomic E-state index is 14.1. The van der Waals surface area contributed by atoms with E-state index in [4.69, 9.17) is 0 Å². The van der Waals surface area contributed by atoms with Gasteiger partial charge in [0, 0.05) is 17.9 Å². The molecule has 1 aromatic heterocycles. The molecule has 1 heterocycles. The zero-order valence-corrected chi connectivity index (χ0v) is 13.9. The summed E-state index contributed by atoms with van der Waals surface area (Å²) in [4.78, 5) is 0. The van der Waals surface area contributed by atoms with Crippen molar-refractivity contribution < 1.29 is 17.6 Å². The fourth-order valence-electron chi connectivity index (χ4n) is 4.26. The van der Waals surface area contributed by atoms with Gasteiger partial charge in [-0.15, -0.1) is 5.10 Å². The van der Waals surface area contributed by atoms with Crippen LogP contribution in [0.25, 0.3) is 11.3 Å². The molecule has 2 aliphatic rings. The molecule has 0 radical (unpaired) electrons. The lowest BCUT2D eigenvalue weighted by Gasteiger charge is -2.28. The van der Waals surface area contributed by atoms with E-state index < -0.39 is 30.0 Å². The van der Waals surface area contributed by atoms with Crippen LogP contribution >= 0.6 is 0 Å². The van der Waals surface area contributed by atoms with E-state index in [2.05, 4.69) is 22.1 Å². The molecule has 2 aromatic rings. The Morgan fingerprint density at radius 1 is 1.23 bits per heavy atom. The SMILES string of the molecule is C=C1[C@@H]2CC[C@@]1(CNCC(F)F)c1nnc(-c3c(F)cccc3F)cc12. The van der Waals surface area contributed by atoms with Crippen molar-refractivity contribution in [2.45, 2.75) is 30.6 Å². The van der Waals surface area contributed by atoms with E-state index in [-0.39, 0.29) is 17.2 Å². The summed E-state index contributed by atoms with van der Waals surface area (Å²) in [7, 11) is 0. The molecule has 0 unspecified atom stereocenters. The van der Waals surface area contributed by atoms with Crippen LogP contribution in [0.2, 0.25) is 0 Å². The van der Waals surface area contributed by atoms with Crippen LogP contribution in [0.15, 0.2) is 36.4 Å². The standard InChI is InChI=1S/C19H17F4N3/c1-10-11-5-6-19(10,9-24-8-16(22)23)18-12(11)7-15(25-26-18)17-13(20)3-2-4-14(17)21/h2-4,7,11,16,24H,1,5-6,8-9H2/t11-,19-/m0/s1. The first-order valence-corrected chi connectivity index (χ1v) is 8.44. The van der Waals surface area contributed by atoms with E-state index in [1.807, 2.05) is 0 Å². The molecule has 1 saturated carbocycles. The molecule has 0 aliphatic heterocycles. The van der Waals surface area contributed by atoms with Crippen molar-refractivity contribution >= 4 is 0 Å². The molecular formula is C19H17F4N3. The molecular weight excluding hydrogens is 346 g/mol. The Morgan fingerprint density at radius 3 is 2.65 bits per heavy atom. The van der Waals surface area contributed by atoms with Gasteiger partial charge in [0.2, 0.25) is 0 Å². The number of aromatic nitrogens is 2. The topological polar surface area (TPSA) is 37.8 Å². The number of nitrogens with one attached hydrogen (secondary N) is 1. The third-order valence-electron chi connectivity index (χ3n) is 5.49. The van der Waals surface area contributed by atoms with Gasteiger partial charge in [0.1, 0.15) is 11.6 Å². The minimum atomic E-state index is -2.43. The van der Waals surface area contributed by atoms with Crippen molar-refractivity contribution in [1.29, 1.82) is 0 Å². The summed E-state index contributed by atoms with van der Waals surface area (Å²) < 4.78 is 53.1. The lowest BCUT2D eigenvalue weighted by Crippen LogP contribution is -2.38. The van der Waals surface area contributed by atoms with Gasteiger partial charge in [0.15, 0.2) is 0 Å². The van der Waals surface area contributed by atoms with E-state index in [0.717, 1.165) is 24.0 Å². The second-order valence-electron chi connectivity index (χ2n) is 6.85. The Bertz CT molecular complexity index is 863. The summed E-state index contributed by atoms with van der Waals surface area (Å²) in [6.45, 7) is 4.06. The minimum absolute atomic E-state index is 0.0161. The second kappa shape index (κ2) is 6.16. The fraction of sp³-hybridized carbons (Fsp3) is 0.368. The number of rotatable bonds is 5. The molecule has 7 heteroatoms. The lowest BCUT2D eigenvalue weighted by molar-refractivity contribution is 0.144. The first-order chi connectivity index (χ1) is 12.4. The smallest absolute Gasteiger partial charge is 0.250 e. The number of benzene rings is 1. The van der Waals surface area contributed by atoms with Gasteiger partial charge in [-0.05, 0) is 36.6 Å². The van der Waals surface area contributed by atoms with Crippen molar-refractivity contribution in [3.8, 4) is 11.3 Å². The van der Waals surface area contributed by atoms with Gasteiger partial charge in [-0.2, -0.15) is 5.10 Å². The van der Waals surface area contributed by atoms with Crippen LogP contribution in [0, 0.1) is 11.6 Å². The number of nitrogens with zero attached hydrogens (tertiary/aromatic N) is 2. The van der Waals surface area contributed by atoms with Crippen LogP contribution in [-0.2, 0) is 5.41 Å². The Balaban J connectivity index is 1.73. The van der Waals surface area contributed by atoms with Crippen molar-refractivity contribution in [3.63, 3.8) is 0 Å². The Kier molecular flexibility index (Phi) is 4.06. The van der Waals surface area contributed by atoms with Crippen LogP contribution in [0.3, 0.4) is 0 Å². The highest BCUT2D eigenvalue weighted by Gasteiger charge is 2.53. The van der Waals surface area contributed by atoms with Crippen LogP contribution in [-0.4, -0.2) is 29.7 Å². The first kappa shape index (κ1) is 17.1. The van der Waals surface area contributed by atoms with Gasteiger partial charge in [-0.3, -0.25) is 0 Å². The monoisotopic (exact) mass is 363 g/mol. The van der Waals surface area contributed by atoms with E-state index in [1.54, 1.807) is 6.07 Å². The van der Waals surface area contributed by atoms with Crippen LogP contribution < -0.4 is 5.32 Å². The fourth-order valence-corrected chi connectivity index (χ4v) is 4.26. The minimum Gasteiger partial charge on any atom is -0.310 e. The predicted molar refractivity (Wildman–Crippen MR) is 89.1 cm³/mol. The molecule has 3 nitrogen and oxygen atoms in total. The summed E-state index contributed by atoms with van der Waals surface area (Å²) in [6.07, 6.45) is -0.871. The molecule has 2 aliphatic carbocycles. The van der Waals surface area contributed by atoms with Crippen LogP contribution in [0.5, 0.6) is 0 Å². The number of fused-ring (bicyclic) bond motifs is 5. The molecule has 2 bridgehead atoms. The van der Waals surface area contributed by atoms with E-state index in [0.29, 0.717) is 12.2 Å². The van der Waals surface area contributed by atoms with Crippen molar-refractivity contribution in [2.24, 2.45) is 0 Å². The number of hydrogen-bond acceptors (Lipinski definition) is 3. The summed E-state index contributed by atoms with van der Waals surface area (Å²) >= 11 is 0. The molecule has 1 fully saturated rings. The Hall–Kier alpha value is -2.28. The maximum absolute atomic E-state index is 14.1. The van der Waals surface area contributed by atoms with Gasteiger partial charge in [-0.25, -0.2) is 17.6 Å². The molecule has 4 rings (SSSR count).